The Bertz CT molecular complexity index is 243. The SMILES string of the molecule is CC[N+](C)(C)CCCCCCCCCCCCCC[N+](C)(C)CC. The van der Waals surface area contributed by atoms with Crippen molar-refractivity contribution in [3.8, 4) is 0 Å². The van der Waals surface area contributed by atoms with Gasteiger partial charge in [-0.3, -0.25) is 0 Å². The molecule has 0 aliphatic heterocycles. The van der Waals surface area contributed by atoms with Gasteiger partial charge >= 0.3 is 0 Å². The number of nitrogens with zero attached hydrogens (tertiary/aromatic N) is 2. The van der Waals surface area contributed by atoms with Gasteiger partial charge in [0.15, 0.2) is 0 Å². The maximum atomic E-state index is 2.35. The van der Waals surface area contributed by atoms with Gasteiger partial charge in [0.25, 0.3) is 0 Å². The molecule has 2 heteroatoms. The molecule has 146 valence electrons. The highest BCUT2D eigenvalue weighted by molar-refractivity contribution is 4.49. The number of hydrogen-bond acceptors (Lipinski definition) is 0. The molecule has 0 aromatic rings. The standard InChI is InChI=1S/C22H50N2/c1-7-23(3,4)21-19-17-15-13-11-9-10-12-14-16-18-20-22-24(5,6)8-2/h7-22H2,1-6H3/q+2. The summed E-state index contributed by atoms with van der Waals surface area (Å²) < 4.78 is 2.38. The van der Waals surface area contributed by atoms with E-state index in [1.807, 2.05) is 0 Å². The molecule has 0 saturated carbocycles. The first-order valence-corrected chi connectivity index (χ1v) is 11.0. The Morgan fingerprint density at radius 3 is 0.792 bits per heavy atom. The van der Waals surface area contributed by atoms with Crippen LogP contribution in [-0.2, 0) is 0 Å². The van der Waals surface area contributed by atoms with Crippen LogP contribution in [0.2, 0.25) is 0 Å². The van der Waals surface area contributed by atoms with Gasteiger partial charge in [0.05, 0.1) is 54.4 Å². The lowest BCUT2D eigenvalue weighted by Gasteiger charge is -2.28. The summed E-state index contributed by atoms with van der Waals surface area (Å²) in [6.45, 7) is 9.82. The average Bonchev–Trinajstić information content (AvgIpc) is 2.55. The number of quaternary nitrogens is 2. The molecule has 0 unspecified atom stereocenters. The third-order valence-corrected chi connectivity index (χ3v) is 5.99. The van der Waals surface area contributed by atoms with Gasteiger partial charge in [-0.15, -0.1) is 0 Å². The molecule has 2 nitrogen and oxygen atoms in total. The normalized spacial score (nSPS) is 12.8. The summed E-state index contributed by atoms with van der Waals surface area (Å²) in [7, 11) is 9.40. The summed E-state index contributed by atoms with van der Waals surface area (Å²) in [5, 5.41) is 0. The lowest BCUT2D eigenvalue weighted by Crippen LogP contribution is -2.39. The molecule has 0 saturated heterocycles. The van der Waals surface area contributed by atoms with E-state index in [9.17, 15) is 0 Å². The first kappa shape index (κ1) is 23.9. The molecular weight excluding hydrogens is 292 g/mol. The van der Waals surface area contributed by atoms with Gasteiger partial charge in [0.1, 0.15) is 0 Å². The van der Waals surface area contributed by atoms with Crippen molar-refractivity contribution in [2.24, 2.45) is 0 Å². The molecule has 24 heavy (non-hydrogen) atoms. The Labute approximate surface area is 154 Å². The van der Waals surface area contributed by atoms with Crippen LogP contribution in [0.5, 0.6) is 0 Å². The van der Waals surface area contributed by atoms with Crippen LogP contribution in [0.4, 0.5) is 0 Å². The predicted molar refractivity (Wildman–Crippen MR) is 110 cm³/mol. The van der Waals surface area contributed by atoms with Crippen molar-refractivity contribution in [3.63, 3.8) is 0 Å². The monoisotopic (exact) mass is 342 g/mol. The number of hydrogen-bond donors (Lipinski definition) is 0. The van der Waals surface area contributed by atoms with Gasteiger partial charge in [-0.1, -0.05) is 51.4 Å². The fourth-order valence-corrected chi connectivity index (χ4v) is 3.16. The van der Waals surface area contributed by atoms with E-state index < -0.39 is 0 Å². The van der Waals surface area contributed by atoms with Crippen molar-refractivity contribution in [2.45, 2.75) is 90.9 Å². The molecule has 0 aliphatic rings. The van der Waals surface area contributed by atoms with Gasteiger partial charge in [-0.2, -0.15) is 0 Å². The predicted octanol–water partition coefficient (Wildman–Crippen LogP) is 5.86. The molecule has 0 heterocycles. The molecular formula is C22H50N2+2. The van der Waals surface area contributed by atoms with E-state index in [0.29, 0.717) is 0 Å². The highest BCUT2D eigenvalue weighted by atomic mass is 15.3. The average molecular weight is 343 g/mol. The van der Waals surface area contributed by atoms with Crippen LogP contribution in [0.15, 0.2) is 0 Å². The third kappa shape index (κ3) is 15.4. The minimum Gasteiger partial charge on any atom is -0.329 e. The Morgan fingerprint density at radius 1 is 0.375 bits per heavy atom. The largest absolute Gasteiger partial charge is 0.329 e. The quantitative estimate of drug-likeness (QED) is 0.229. The van der Waals surface area contributed by atoms with E-state index in [4.69, 9.17) is 0 Å². The number of rotatable bonds is 17. The van der Waals surface area contributed by atoms with Crippen molar-refractivity contribution >= 4 is 0 Å². The zero-order valence-corrected chi connectivity index (χ0v) is 18.2. The molecule has 0 amide bonds. The van der Waals surface area contributed by atoms with Crippen LogP contribution in [0.1, 0.15) is 90.9 Å². The summed E-state index contributed by atoms with van der Waals surface area (Å²) in [6.07, 6.45) is 17.4. The van der Waals surface area contributed by atoms with E-state index in [2.05, 4.69) is 42.0 Å². The molecule has 0 N–H and O–H groups in total. The molecule has 0 bridgehead atoms. The minimum absolute atomic E-state index is 1.19. The van der Waals surface area contributed by atoms with Crippen molar-refractivity contribution in [2.75, 3.05) is 54.4 Å². The molecule has 0 aliphatic carbocycles. The zero-order chi connectivity index (χ0) is 18.3. The summed E-state index contributed by atoms with van der Waals surface area (Å²) in [4.78, 5) is 0. The van der Waals surface area contributed by atoms with Crippen LogP contribution in [0.25, 0.3) is 0 Å². The van der Waals surface area contributed by atoms with E-state index in [1.54, 1.807) is 0 Å². The zero-order valence-electron chi connectivity index (χ0n) is 18.2. The van der Waals surface area contributed by atoms with Crippen molar-refractivity contribution in [1.29, 1.82) is 0 Å². The van der Waals surface area contributed by atoms with E-state index in [1.165, 1.54) is 112 Å². The van der Waals surface area contributed by atoms with Gasteiger partial charge in [0, 0.05) is 0 Å². The van der Waals surface area contributed by atoms with Crippen LogP contribution in [0.3, 0.4) is 0 Å². The first-order valence-electron chi connectivity index (χ1n) is 11.0. The molecule has 0 rings (SSSR count). The first-order chi connectivity index (χ1) is 11.3. The molecule has 0 spiro atoms. The lowest BCUT2D eigenvalue weighted by atomic mass is 10.0. The van der Waals surface area contributed by atoms with Crippen LogP contribution >= 0.6 is 0 Å². The van der Waals surface area contributed by atoms with Gasteiger partial charge in [0.2, 0.25) is 0 Å². The Balaban J connectivity index is 3.18. The van der Waals surface area contributed by atoms with E-state index >= 15 is 0 Å². The van der Waals surface area contributed by atoms with E-state index in [0.717, 1.165) is 0 Å². The molecule has 0 radical (unpaired) electrons. The molecule has 0 fully saturated rings. The smallest absolute Gasteiger partial charge is 0.0782 e. The third-order valence-electron chi connectivity index (χ3n) is 5.99. The van der Waals surface area contributed by atoms with Gasteiger partial charge in [-0.25, -0.2) is 0 Å². The van der Waals surface area contributed by atoms with Crippen LogP contribution in [-0.4, -0.2) is 63.3 Å². The second-order valence-electron chi connectivity index (χ2n) is 9.19. The molecule has 0 aromatic carbocycles. The van der Waals surface area contributed by atoms with Crippen LogP contribution in [0, 0.1) is 0 Å². The summed E-state index contributed by atoms with van der Waals surface area (Å²) in [5.74, 6) is 0. The second kappa shape index (κ2) is 14.1. The topological polar surface area (TPSA) is 0 Å². The van der Waals surface area contributed by atoms with Gasteiger partial charge < -0.3 is 8.97 Å². The summed E-state index contributed by atoms with van der Waals surface area (Å²) >= 11 is 0. The highest BCUT2D eigenvalue weighted by Crippen LogP contribution is 2.13. The fourth-order valence-electron chi connectivity index (χ4n) is 3.16. The Kier molecular flexibility index (Phi) is 14.1. The van der Waals surface area contributed by atoms with Crippen molar-refractivity contribution in [1.82, 2.24) is 0 Å². The second-order valence-corrected chi connectivity index (χ2v) is 9.19. The van der Waals surface area contributed by atoms with Gasteiger partial charge in [-0.05, 0) is 39.5 Å². The maximum absolute atomic E-state index is 2.35. The van der Waals surface area contributed by atoms with Crippen molar-refractivity contribution < 1.29 is 8.97 Å². The fraction of sp³-hybridized carbons (Fsp3) is 1.00. The lowest BCUT2D eigenvalue weighted by molar-refractivity contribution is -0.888. The Hall–Kier alpha value is -0.0800. The maximum Gasteiger partial charge on any atom is 0.0782 e. The molecule has 0 aromatic heterocycles. The van der Waals surface area contributed by atoms with E-state index in [-0.39, 0.29) is 0 Å². The summed E-state index contributed by atoms with van der Waals surface area (Å²) in [6, 6.07) is 0. The van der Waals surface area contributed by atoms with Crippen LogP contribution < -0.4 is 0 Å². The van der Waals surface area contributed by atoms with Crippen molar-refractivity contribution in [3.05, 3.63) is 0 Å². The number of unbranched alkanes of at least 4 members (excludes halogenated alkanes) is 11. The Morgan fingerprint density at radius 2 is 0.583 bits per heavy atom. The minimum atomic E-state index is 1.19. The summed E-state index contributed by atoms with van der Waals surface area (Å²) in [5.41, 5.74) is 0. The molecule has 0 atom stereocenters. The highest BCUT2D eigenvalue weighted by Gasteiger charge is 2.10.